The normalized spacial score (nSPS) is 11.1. The van der Waals surface area contributed by atoms with E-state index in [1.54, 1.807) is 4.52 Å². The van der Waals surface area contributed by atoms with Gasteiger partial charge in [-0.3, -0.25) is 0 Å². The zero-order valence-electron chi connectivity index (χ0n) is 10.6. The van der Waals surface area contributed by atoms with Crippen LogP contribution in [0.3, 0.4) is 0 Å². The SMILES string of the molecule is Cc1nc2nc(C)c(-c3ccc(Cl)cc3)c(N)n2n1. The number of anilines is 1. The van der Waals surface area contributed by atoms with Gasteiger partial charge in [-0.2, -0.15) is 9.50 Å². The summed E-state index contributed by atoms with van der Waals surface area (Å²) in [5.74, 6) is 1.70. The van der Waals surface area contributed by atoms with Gasteiger partial charge >= 0.3 is 0 Å². The lowest BCUT2D eigenvalue weighted by Gasteiger charge is -2.10. The van der Waals surface area contributed by atoms with Gasteiger partial charge in [-0.15, -0.1) is 5.10 Å². The highest BCUT2D eigenvalue weighted by molar-refractivity contribution is 6.30. The van der Waals surface area contributed by atoms with Crippen molar-refractivity contribution < 1.29 is 0 Å². The number of hydrogen-bond donors (Lipinski definition) is 1. The van der Waals surface area contributed by atoms with Gasteiger partial charge in [-0.25, -0.2) is 4.98 Å². The van der Waals surface area contributed by atoms with Crippen LogP contribution in [0.4, 0.5) is 5.82 Å². The van der Waals surface area contributed by atoms with Crippen LogP contribution in [0.1, 0.15) is 11.5 Å². The molecule has 0 unspecified atom stereocenters. The van der Waals surface area contributed by atoms with E-state index in [-0.39, 0.29) is 0 Å². The molecule has 0 radical (unpaired) electrons. The summed E-state index contributed by atoms with van der Waals surface area (Å²) in [6, 6.07) is 7.48. The van der Waals surface area contributed by atoms with Crippen molar-refractivity contribution in [2.24, 2.45) is 0 Å². The molecule has 1 aromatic carbocycles. The van der Waals surface area contributed by atoms with Crippen LogP contribution in [-0.4, -0.2) is 19.6 Å². The van der Waals surface area contributed by atoms with Crippen LogP contribution in [-0.2, 0) is 0 Å². The molecule has 0 aliphatic heterocycles. The topological polar surface area (TPSA) is 69.1 Å². The molecule has 2 heterocycles. The number of hydrogen-bond acceptors (Lipinski definition) is 4. The number of rotatable bonds is 1. The maximum Gasteiger partial charge on any atom is 0.254 e. The molecule has 5 nitrogen and oxygen atoms in total. The molecular weight excluding hydrogens is 262 g/mol. The summed E-state index contributed by atoms with van der Waals surface area (Å²) < 4.78 is 1.56. The first-order chi connectivity index (χ1) is 9.06. The molecule has 0 atom stereocenters. The average molecular weight is 274 g/mol. The average Bonchev–Trinajstić information content (AvgIpc) is 2.72. The van der Waals surface area contributed by atoms with Crippen LogP contribution < -0.4 is 5.73 Å². The number of fused-ring (bicyclic) bond motifs is 1. The number of halogens is 1. The van der Waals surface area contributed by atoms with Crippen molar-refractivity contribution in [1.29, 1.82) is 0 Å². The monoisotopic (exact) mass is 273 g/mol. The Morgan fingerprint density at radius 3 is 2.47 bits per heavy atom. The molecule has 3 aromatic rings. The van der Waals surface area contributed by atoms with Crippen molar-refractivity contribution in [1.82, 2.24) is 19.6 Å². The molecule has 0 saturated carbocycles. The first-order valence-corrected chi connectivity index (χ1v) is 6.19. The van der Waals surface area contributed by atoms with Gasteiger partial charge in [-0.1, -0.05) is 23.7 Å². The van der Waals surface area contributed by atoms with Gasteiger partial charge in [0.15, 0.2) is 0 Å². The molecule has 2 aromatic heterocycles. The van der Waals surface area contributed by atoms with Crippen molar-refractivity contribution in [2.45, 2.75) is 13.8 Å². The van der Waals surface area contributed by atoms with Crippen LogP contribution in [0.25, 0.3) is 16.9 Å². The van der Waals surface area contributed by atoms with Gasteiger partial charge in [0.25, 0.3) is 5.78 Å². The van der Waals surface area contributed by atoms with E-state index in [4.69, 9.17) is 17.3 Å². The summed E-state index contributed by atoms with van der Waals surface area (Å²) in [5, 5.41) is 4.94. The van der Waals surface area contributed by atoms with Crippen LogP contribution in [0, 0.1) is 13.8 Å². The second kappa shape index (κ2) is 4.20. The third-order valence-electron chi connectivity index (χ3n) is 2.94. The van der Waals surface area contributed by atoms with Crippen molar-refractivity contribution in [3.63, 3.8) is 0 Å². The van der Waals surface area contributed by atoms with E-state index in [1.807, 2.05) is 38.1 Å². The summed E-state index contributed by atoms with van der Waals surface area (Å²) in [6.07, 6.45) is 0. The lowest BCUT2D eigenvalue weighted by atomic mass is 10.1. The predicted molar refractivity (Wildman–Crippen MR) is 75.1 cm³/mol. The molecule has 0 aliphatic carbocycles. The summed E-state index contributed by atoms with van der Waals surface area (Å²) in [7, 11) is 0. The van der Waals surface area contributed by atoms with E-state index in [0.29, 0.717) is 22.4 Å². The maximum absolute atomic E-state index is 6.19. The standard InChI is InChI=1S/C13H12ClN5/c1-7-11(9-3-5-10(14)6-4-9)12(15)19-13(16-7)17-8(2)18-19/h3-6H,15H2,1-2H3. The molecule has 6 heteroatoms. The minimum atomic E-state index is 0.519. The van der Waals surface area contributed by atoms with E-state index in [0.717, 1.165) is 16.8 Å². The molecule has 2 N–H and O–H groups in total. The highest BCUT2D eigenvalue weighted by Crippen LogP contribution is 2.29. The molecule has 0 aliphatic rings. The Morgan fingerprint density at radius 1 is 1.11 bits per heavy atom. The first-order valence-electron chi connectivity index (χ1n) is 5.81. The Balaban J connectivity index is 2.31. The lowest BCUT2D eigenvalue weighted by molar-refractivity contribution is 0.923. The van der Waals surface area contributed by atoms with Crippen molar-refractivity contribution >= 4 is 23.2 Å². The Morgan fingerprint density at radius 2 is 1.79 bits per heavy atom. The molecule has 3 rings (SSSR count). The van der Waals surface area contributed by atoms with Gasteiger partial charge < -0.3 is 5.73 Å². The molecule has 0 saturated heterocycles. The molecule has 0 fully saturated rings. The summed E-state index contributed by atoms with van der Waals surface area (Å²) >= 11 is 5.90. The minimum absolute atomic E-state index is 0.519. The molecule has 19 heavy (non-hydrogen) atoms. The Hall–Kier alpha value is -2.14. The van der Waals surface area contributed by atoms with Crippen LogP contribution >= 0.6 is 11.6 Å². The highest BCUT2D eigenvalue weighted by Gasteiger charge is 2.14. The zero-order chi connectivity index (χ0) is 13.6. The molecule has 96 valence electrons. The number of aromatic nitrogens is 4. The first kappa shape index (κ1) is 11.9. The van der Waals surface area contributed by atoms with Crippen LogP contribution in [0.2, 0.25) is 5.02 Å². The van der Waals surface area contributed by atoms with Gasteiger partial charge in [0.1, 0.15) is 11.6 Å². The van der Waals surface area contributed by atoms with Crippen molar-refractivity contribution in [2.75, 3.05) is 5.73 Å². The Bertz CT molecular complexity index is 761. The lowest BCUT2D eigenvalue weighted by Crippen LogP contribution is -2.05. The highest BCUT2D eigenvalue weighted by atomic mass is 35.5. The largest absolute Gasteiger partial charge is 0.383 e. The summed E-state index contributed by atoms with van der Waals surface area (Å²) in [4.78, 5) is 8.66. The summed E-state index contributed by atoms with van der Waals surface area (Å²) in [5.41, 5.74) is 8.83. The molecule has 0 bridgehead atoms. The smallest absolute Gasteiger partial charge is 0.254 e. The number of benzene rings is 1. The Labute approximate surface area is 115 Å². The second-order valence-corrected chi connectivity index (χ2v) is 4.77. The van der Waals surface area contributed by atoms with Gasteiger partial charge in [0, 0.05) is 10.6 Å². The van der Waals surface area contributed by atoms with Crippen LogP contribution in [0.15, 0.2) is 24.3 Å². The van der Waals surface area contributed by atoms with E-state index >= 15 is 0 Å². The Kier molecular flexibility index (Phi) is 2.64. The maximum atomic E-state index is 6.19. The molecule has 0 amide bonds. The zero-order valence-corrected chi connectivity index (χ0v) is 11.3. The minimum Gasteiger partial charge on any atom is -0.383 e. The fourth-order valence-corrected chi connectivity index (χ4v) is 2.23. The molecular formula is C13H12ClN5. The second-order valence-electron chi connectivity index (χ2n) is 4.34. The van der Waals surface area contributed by atoms with E-state index in [2.05, 4.69) is 15.1 Å². The van der Waals surface area contributed by atoms with E-state index in [9.17, 15) is 0 Å². The number of nitrogens with zero attached hydrogens (tertiary/aromatic N) is 4. The van der Waals surface area contributed by atoms with E-state index in [1.165, 1.54) is 0 Å². The van der Waals surface area contributed by atoms with Gasteiger partial charge in [-0.05, 0) is 31.5 Å². The predicted octanol–water partition coefficient (Wildman–Crippen LogP) is 2.64. The molecule has 0 spiro atoms. The van der Waals surface area contributed by atoms with E-state index < -0.39 is 0 Å². The number of nitrogen functional groups attached to an aromatic ring is 1. The van der Waals surface area contributed by atoms with Gasteiger partial charge in [0.2, 0.25) is 0 Å². The fraction of sp³-hybridized carbons (Fsp3) is 0.154. The van der Waals surface area contributed by atoms with Crippen LogP contribution in [0.5, 0.6) is 0 Å². The quantitative estimate of drug-likeness (QED) is 0.740. The summed E-state index contributed by atoms with van der Waals surface area (Å²) in [6.45, 7) is 3.72. The third-order valence-corrected chi connectivity index (χ3v) is 3.19. The van der Waals surface area contributed by atoms with Crippen molar-refractivity contribution in [3.8, 4) is 11.1 Å². The third kappa shape index (κ3) is 1.92. The number of nitrogens with two attached hydrogens (primary N) is 1. The number of aryl methyl sites for hydroxylation is 2. The van der Waals surface area contributed by atoms with Crippen molar-refractivity contribution in [3.05, 3.63) is 40.8 Å². The fourth-order valence-electron chi connectivity index (χ4n) is 2.11. The van der Waals surface area contributed by atoms with Gasteiger partial charge in [0.05, 0.1) is 5.69 Å².